The Hall–Kier alpha value is -0.420. The van der Waals surface area contributed by atoms with E-state index in [1.165, 1.54) is 11.8 Å². The van der Waals surface area contributed by atoms with Crippen molar-refractivity contribution in [3.05, 3.63) is 12.3 Å². The van der Waals surface area contributed by atoms with Gasteiger partial charge in [0, 0.05) is 6.20 Å². The standard InChI is InChI=1S/C9H15N2O3PS/c1-4-13-15(12,14-5-2)8-6-7-10-9(11-8)16-3/h6-7H,4-5H2,1-3H3. The summed E-state index contributed by atoms with van der Waals surface area (Å²) in [6.45, 7) is 4.16. The Bertz CT molecular complexity index is 379. The van der Waals surface area contributed by atoms with Crippen molar-refractivity contribution in [1.29, 1.82) is 0 Å². The van der Waals surface area contributed by atoms with Crippen molar-refractivity contribution in [2.45, 2.75) is 19.0 Å². The molecule has 0 saturated carbocycles. The Morgan fingerprint density at radius 1 is 1.38 bits per heavy atom. The number of rotatable bonds is 6. The van der Waals surface area contributed by atoms with Crippen molar-refractivity contribution in [2.75, 3.05) is 19.5 Å². The molecule has 0 amide bonds. The SMILES string of the molecule is CCOP(=O)(OCC)c1ccnc(SC)n1. The molecule has 0 atom stereocenters. The third-order valence-electron chi connectivity index (χ3n) is 1.68. The van der Waals surface area contributed by atoms with Gasteiger partial charge in [-0.1, -0.05) is 11.8 Å². The van der Waals surface area contributed by atoms with Crippen molar-refractivity contribution in [1.82, 2.24) is 9.97 Å². The smallest absolute Gasteiger partial charge is 0.304 e. The van der Waals surface area contributed by atoms with Gasteiger partial charge in [-0.25, -0.2) is 9.97 Å². The Morgan fingerprint density at radius 3 is 2.50 bits per heavy atom. The van der Waals surface area contributed by atoms with Gasteiger partial charge in [-0.2, -0.15) is 0 Å². The molecule has 1 rings (SSSR count). The van der Waals surface area contributed by atoms with Gasteiger partial charge >= 0.3 is 7.60 Å². The van der Waals surface area contributed by atoms with E-state index in [1.54, 1.807) is 26.1 Å². The monoisotopic (exact) mass is 262 g/mol. The fourth-order valence-corrected chi connectivity index (χ4v) is 3.00. The lowest BCUT2D eigenvalue weighted by atomic mass is 10.7. The first-order valence-electron chi connectivity index (χ1n) is 4.93. The molecule has 5 nitrogen and oxygen atoms in total. The van der Waals surface area contributed by atoms with Crippen LogP contribution >= 0.6 is 19.4 Å². The summed E-state index contributed by atoms with van der Waals surface area (Å²) in [5, 5.41) is 0.553. The van der Waals surface area contributed by atoms with E-state index < -0.39 is 7.60 Å². The fourth-order valence-electron chi connectivity index (χ4n) is 1.09. The van der Waals surface area contributed by atoms with Crippen LogP contribution in [0.5, 0.6) is 0 Å². The van der Waals surface area contributed by atoms with E-state index in [4.69, 9.17) is 9.05 Å². The molecule has 0 aromatic carbocycles. The lowest BCUT2D eigenvalue weighted by Gasteiger charge is -2.15. The minimum absolute atomic E-state index is 0.315. The average molecular weight is 262 g/mol. The second-order valence-electron chi connectivity index (χ2n) is 2.73. The molecule has 0 aliphatic carbocycles. The Kier molecular flexibility index (Phi) is 5.41. The summed E-state index contributed by atoms with van der Waals surface area (Å²) in [5.41, 5.74) is 0.315. The van der Waals surface area contributed by atoms with Gasteiger partial charge in [0.25, 0.3) is 0 Å². The molecule has 0 spiro atoms. The van der Waals surface area contributed by atoms with Crippen molar-refractivity contribution in [2.24, 2.45) is 0 Å². The van der Waals surface area contributed by atoms with Crippen LogP contribution in [0.2, 0.25) is 0 Å². The molecule has 0 fully saturated rings. The van der Waals surface area contributed by atoms with Crippen molar-refractivity contribution in [3.63, 3.8) is 0 Å². The highest BCUT2D eigenvalue weighted by molar-refractivity contribution is 7.98. The van der Waals surface area contributed by atoms with Gasteiger partial charge in [0.2, 0.25) is 0 Å². The van der Waals surface area contributed by atoms with E-state index in [0.29, 0.717) is 23.8 Å². The van der Waals surface area contributed by atoms with E-state index in [-0.39, 0.29) is 0 Å². The third kappa shape index (κ3) is 3.28. The molecule has 1 aromatic heterocycles. The summed E-state index contributed by atoms with van der Waals surface area (Å²) < 4.78 is 22.7. The van der Waals surface area contributed by atoms with Crippen LogP contribution in [0.3, 0.4) is 0 Å². The maximum Gasteiger partial charge on any atom is 0.379 e. The normalized spacial score (nSPS) is 11.7. The first-order chi connectivity index (χ1) is 7.66. The van der Waals surface area contributed by atoms with Gasteiger partial charge < -0.3 is 9.05 Å². The largest absolute Gasteiger partial charge is 0.379 e. The molecule has 90 valence electrons. The van der Waals surface area contributed by atoms with Crippen LogP contribution in [0.25, 0.3) is 0 Å². The number of aromatic nitrogens is 2. The second kappa shape index (κ2) is 6.35. The van der Waals surface area contributed by atoms with E-state index >= 15 is 0 Å². The van der Waals surface area contributed by atoms with E-state index in [2.05, 4.69) is 9.97 Å². The summed E-state index contributed by atoms with van der Waals surface area (Å²) in [4.78, 5) is 8.15. The predicted octanol–water partition coefficient (Wildman–Crippen LogP) is 2.09. The summed E-state index contributed by atoms with van der Waals surface area (Å²) in [7, 11) is -3.28. The van der Waals surface area contributed by atoms with E-state index in [9.17, 15) is 4.57 Å². The Balaban J connectivity index is 3.05. The average Bonchev–Trinajstić information content (AvgIpc) is 2.30. The lowest BCUT2D eigenvalue weighted by molar-refractivity contribution is 0.229. The van der Waals surface area contributed by atoms with Crippen LogP contribution in [0.15, 0.2) is 17.4 Å². The van der Waals surface area contributed by atoms with Crippen molar-refractivity contribution in [3.8, 4) is 0 Å². The topological polar surface area (TPSA) is 61.3 Å². The zero-order valence-electron chi connectivity index (χ0n) is 9.54. The van der Waals surface area contributed by atoms with Gasteiger partial charge in [-0.05, 0) is 26.2 Å². The molecule has 0 radical (unpaired) electrons. The number of thioether (sulfide) groups is 1. The molecular formula is C9H15N2O3PS. The van der Waals surface area contributed by atoms with Crippen LogP contribution in [0, 0.1) is 0 Å². The summed E-state index contributed by atoms with van der Waals surface area (Å²) in [5.74, 6) is 0. The molecule has 16 heavy (non-hydrogen) atoms. The van der Waals surface area contributed by atoms with Crippen LogP contribution in [0.4, 0.5) is 0 Å². The predicted molar refractivity (Wildman–Crippen MR) is 64.3 cm³/mol. The molecule has 0 saturated heterocycles. The second-order valence-corrected chi connectivity index (χ2v) is 5.48. The molecule has 1 heterocycles. The van der Waals surface area contributed by atoms with Crippen molar-refractivity contribution < 1.29 is 13.6 Å². The Morgan fingerprint density at radius 2 is 2.00 bits per heavy atom. The molecule has 0 bridgehead atoms. The highest BCUT2D eigenvalue weighted by Gasteiger charge is 2.28. The number of nitrogens with zero attached hydrogens (tertiary/aromatic N) is 2. The minimum Gasteiger partial charge on any atom is -0.304 e. The molecule has 0 aliphatic rings. The van der Waals surface area contributed by atoms with Crippen LogP contribution < -0.4 is 5.44 Å². The zero-order valence-corrected chi connectivity index (χ0v) is 11.3. The summed E-state index contributed by atoms with van der Waals surface area (Å²) in [6.07, 6.45) is 3.41. The maximum absolute atomic E-state index is 12.3. The first-order valence-corrected chi connectivity index (χ1v) is 7.69. The highest BCUT2D eigenvalue weighted by atomic mass is 32.2. The fraction of sp³-hybridized carbons (Fsp3) is 0.556. The molecule has 0 unspecified atom stereocenters. The van der Waals surface area contributed by atoms with E-state index in [1.807, 2.05) is 6.26 Å². The van der Waals surface area contributed by atoms with Crippen molar-refractivity contribution >= 4 is 24.8 Å². The summed E-state index contributed by atoms with van der Waals surface area (Å²) >= 11 is 1.38. The van der Waals surface area contributed by atoms with Crippen LogP contribution in [0.1, 0.15) is 13.8 Å². The van der Waals surface area contributed by atoms with Gasteiger partial charge in [-0.15, -0.1) is 0 Å². The van der Waals surface area contributed by atoms with Crippen LogP contribution in [-0.4, -0.2) is 29.4 Å². The third-order valence-corrected chi connectivity index (χ3v) is 4.25. The molecule has 7 heteroatoms. The zero-order chi connectivity index (χ0) is 12.0. The number of hydrogen-bond donors (Lipinski definition) is 0. The number of hydrogen-bond acceptors (Lipinski definition) is 6. The van der Waals surface area contributed by atoms with Gasteiger partial charge in [0.1, 0.15) is 0 Å². The lowest BCUT2D eigenvalue weighted by Crippen LogP contribution is -2.15. The van der Waals surface area contributed by atoms with Gasteiger partial charge in [-0.3, -0.25) is 4.57 Å². The first kappa shape index (κ1) is 13.6. The van der Waals surface area contributed by atoms with E-state index in [0.717, 1.165) is 0 Å². The van der Waals surface area contributed by atoms with Gasteiger partial charge in [0.05, 0.1) is 13.2 Å². The van der Waals surface area contributed by atoms with Crippen LogP contribution in [-0.2, 0) is 13.6 Å². The summed E-state index contributed by atoms with van der Waals surface area (Å²) in [6, 6.07) is 1.56. The molecule has 1 aromatic rings. The molecular weight excluding hydrogens is 247 g/mol. The highest BCUT2D eigenvalue weighted by Crippen LogP contribution is 2.46. The maximum atomic E-state index is 12.3. The molecule has 0 N–H and O–H groups in total. The quantitative estimate of drug-likeness (QED) is 0.444. The molecule has 0 aliphatic heterocycles. The Labute approximate surface area is 99.5 Å². The van der Waals surface area contributed by atoms with Gasteiger partial charge in [0.15, 0.2) is 10.6 Å². The minimum atomic E-state index is -3.28.